The van der Waals surface area contributed by atoms with Gasteiger partial charge in [0.25, 0.3) is 0 Å². The first-order valence-electron chi connectivity index (χ1n) is 4.88. The molecule has 1 saturated carbocycles. The van der Waals surface area contributed by atoms with Crippen LogP contribution in [0.2, 0.25) is 0 Å². The molecule has 1 aliphatic rings. The van der Waals surface area contributed by atoms with Gasteiger partial charge < -0.3 is 5.41 Å². The summed E-state index contributed by atoms with van der Waals surface area (Å²) in [7, 11) is 0. The maximum absolute atomic E-state index is 7.71. The standard InChI is InChI=1S/C11H19N/c1-4-9-7-10(8(2)3)5-6-11(9)12/h4,8,10,12H,5-7H2,1-3H3. The first-order valence-corrected chi connectivity index (χ1v) is 4.88. The lowest BCUT2D eigenvalue weighted by molar-refractivity contribution is 0.355. The van der Waals surface area contributed by atoms with Gasteiger partial charge >= 0.3 is 0 Å². The molecule has 1 heteroatoms. The van der Waals surface area contributed by atoms with Crippen LogP contribution in [0, 0.1) is 17.2 Å². The van der Waals surface area contributed by atoms with E-state index in [2.05, 4.69) is 19.9 Å². The smallest absolute Gasteiger partial charge is 0.0342 e. The fourth-order valence-corrected chi connectivity index (χ4v) is 1.86. The largest absolute Gasteiger partial charge is 0.305 e. The molecule has 0 amide bonds. The second kappa shape index (κ2) is 3.88. The third-order valence-electron chi connectivity index (χ3n) is 2.93. The molecule has 12 heavy (non-hydrogen) atoms. The molecule has 1 unspecified atom stereocenters. The van der Waals surface area contributed by atoms with E-state index in [1.807, 2.05) is 6.92 Å². The van der Waals surface area contributed by atoms with Crippen molar-refractivity contribution in [2.45, 2.75) is 40.0 Å². The van der Waals surface area contributed by atoms with Crippen molar-refractivity contribution in [3.8, 4) is 0 Å². The molecule has 0 aliphatic heterocycles. The Hall–Kier alpha value is -0.590. The average molecular weight is 165 g/mol. The lowest BCUT2D eigenvalue weighted by atomic mass is 9.78. The molecule has 0 aromatic carbocycles. The van der Waals surface area contributed by atoms with Crippen molar-refractivity contribution in [2.75, 3.05) is 0 Å². The topological polar surface area (TPSA) is 23.9 Å². The fourth-order valence-electron chi connectivity index (χ4n) is 1.86. The molecular weight excluding hydrogens is 146 g/mol. The van der Waals surface area contributed by atoms with Gasteiger partial charge in [0, 0.05) is 5.71 Å². The molecular formula is C11H19N. The van der Waals surface area contributed by atoms with Gasteiger partial charge in [-0.1, -0.05) is 19.9 Å². The van der Waals surface area contributed by atoms with Crippen LogP contribution in [0.1, 0.15) is 40.0 Å². The molecule has 0 radical (unpaired) electrons. The third-order valence-corrected chi connectivity index (χ3v) is 2.93. The van der Waals surface area contributed by atoms with Crippen molar-refractivity contribution in [1.82, 2.24) is 0 Å². The molecule has 0 heterocycles. The average Bonchev–Trinajstić information content (AvgIpc) is 2.05. The van der Waals surface area contributed by atoms with Gasteiger partial charge in [0.05, 0.1) is 0 Å². The Morgan fingerprint density at radius 2 is 2.17 bits per heavy atom. The highest BCUT2D eigenvalue weighted by atomic mass is 14.4. The fraction of sp³-hybridized carbons (Fsp3) is 0.727. The highest BCUT2D eigenvalue weighted by Crippen LogP contribution is 2.31. The van der Waals surface area contributed by atoms with Gasteiger partial charge in [-0.3, -0.25) is 0 Å². The van der Waals surface area contributed by atoms with Crippen molar-refractivity contribution in [2.24, 2.45) is 11.8 Å². The summed E-state index contributed by atoms with van der Waals surface area (Å²) in [4.78, 5) is 0. The molecule has 1 rings (SSSR count). The Kier molecular flexibility index (Phi) is 3.07. The molecule has 0 saturated heterocycles. The lowest BCUT2D eigenvalue weighted by Crippen LogP contribution is -2.20. The van der Waals surface area contributed by atoms with E-state index in [9.17, 15) is 0 Å². The van der Waals surface area contributed by atoms with E-state index in [1.165, 1.54) is 12.0 Å². The third kappa shape index (κ3) is 1.96. The Labute approximate surface area is 75.4 Å². The minimum Gasteiger partial charge on any atom is -0.305 e. The molecule has 0 bridgehead atoms. The molecule has 1 aliphatic carbocycles. The first kappa shape index (κ1) is 9.50. The van der Waals surface area contributed by atoms with Crippen LogP contribution in [0.25, 0.3) is 0 Å². The molecule has 0 spiro atoms. The van der Waals surface area contributed by atoms with Crippen LogP contribution >= 0.6 is 0 Å². The van der Waals surface area contributed by atoms with Gasteiger partial charge in [-0.2, -0.15) is 0 Å². The number of hydrogen-bond acceptors (Lipinski definition) is 1. The maximum atomic E-state index is 7.71. The van der Waals surface area contributed by atoms with E-state index in [0.29, 0.717) is 0 Å². The summed E-state index contributed by atoms with van der Waals surface area (Å²) in [5.74, 6) is 1.58. The zero-order valence-corrected chi connectivity index (χ0v) is 8.35. The van der Waals surface area contributed by atoms with E-state index in [0.717, 1.165) is 30.4 Å². The molecule has 0 aromatic rings. The highest BCUT2D eigenvalue weighted by Gasteiger charge is 2.22. The van der Waals surface area contributed by atoms with Crippen molar-refractivity contribution < 1.29 is 0 Å². The second-order valence-corrected chi connectivity index (χ2v) is 4.04. The molecule has 1 N–H and O–H groups in total. The SMILES string of the molecule is CC=C1CC(C(C)C)CCC1=N. The summed E-state index contributed by atoms with van der Waals surface area (Å²) in [6.07, 6.45) is 5.44. The van der Waals surface area contributed by atoms with Gasteiger partial charge in [-0.25, -0.2) is 0 Å². The quantitative estimate of drug-likeness (QED) is 0.615. The monoisotopic (exact) mass is 165 g/mol. The van der Waals surface area contributed by atoms with Crippen LogP contribution in [0.3, 0.4) is 0 Å². The molecule has 68 valence electrons. The van der Waals surface area contributed by atoms with Gasteiger partial charge in [0.15, 0.2) is 0 Å². The summed E-state index contributed by atoms with van der Waals surface area (Å²) in [6, 6.07) is 0. The predicted molar refractivity (Wildman–Crippen MR) is 53.7 cm³/mol. The zero-order chi connectivity index (χ0) is 9.14. The first-order chi connectivity index (χ1) is 5.65. The van der Waals surface area contributed by atoms with Crippen LogP contribution in [0.5, 0.6) is 0 Å². The van der Waals surface area contributed by atoms with Gasteiger partial charge in [-0.05, 0) is 43.6 Å². The summed E-state index contributed by atoms with van der Waals surface area (Å²) < 4.78 is 0. The summed E-state index contributed by atoms with van der Waals surface area (Å²) in [5.41, 5.74) is 2.15. The van der Waals surface area contributed by atoms with Crippen LogP contribution in [-0.2, 0) is 0 Å². The summed E-state index contributed by atoms with van der Waals surface area (Å²) in [5, 5.41) is 7.71. The zero-order valence-electron chi connectivity index (χ0n) is 8.35. The van der Waals surface area contributed by atoms with E-state index in [1.54, 1.807) is 0 Å². The number of rotatable bonds is 1. The lowest BCUT2D eigenvalue weighted by Gasteiger charge is -2.27. The van der Waals surface area contributed by atoms with Crippen LogP contribution in [0.15, 0.2) is 11.6 Å². The number of allylic oxidation sites excluding steroid dienone is 2. The van der Waals surface area contributed by atoms with Crippen molar-refractivity contribution >= 4 is 5.71 Å². The molecule has 1 nitrogen and oxygen atoms in total. The van der Waals surface area contributed by atoms with E-state index < -0.39 is 0 Å². The minimum absolute atomic E-state index is 0.771. The molecule has 1 atom stereocenters. The summed E-state index contributed by atoms with van der Waals surface area (Å²) >= 11 is 0. The Bertz CT molecular complexity index is 201. The van der Waals surface area contributed by atoms with Gasteiger partial charge in [0.1, 0.15) is 0 Å². The Morgan fingerprint density at radius 3 is 2.67 bits per heavy atom. The van der Waals surface area contributed by atoms with Crippen molar-refractivity contribution in [3.05, 3.63) is 11.6 Å². The summed E-state index contributed by atoms with van der Waals surface area (Å²) in [6.45, 7) is 6.62. The predicted octanol–water partition coefficient (Wildman–Crippen LogP) is 3.41. The van der Waals surface area contributed by atoms with Crippen molar-refractivity contribution in [1.29, 1.82) is 5.41 Å². The normalized spacial score (nSPS) is 28.5. The minimum atomic E-state index is 0.771. The van der Waals surface area contributed by atoms with Crippen LogP contribution in [-0.4, -0.2) is 5.71 Å². The number of nitrogens with one attached hydrogen (secondary N) is 1. The van der Waals surface area contributed by atoms with Gasteiger partial charge in [0.2, 0.25) is 0 Å². The molecule has 0 aromatic heterocycles. The van der Waals surface area contributed by atoms with E-state index in [4.69, 9.17) is 5.41 Å². The van der Waals surface area contributed by atoms with Crippen LogP contribution < -0.4 is 0 Å². The molecule has 1 fully saturated rings. The highest BCUT2D eigenvalue weighted by molar-refractivity contribution is 5.98. The van der Waals surface area contributed by atoms with E-state index in [-0.39, 0.29) is 0 Å². The van der Waals surface area contributed by atoms with Crippen molar-refractivity contribution in [3.63, 3.8) is 0 Å². The van der Waals surface area contributed by atoms with Gasteiger partial charge in [-0.15, -0.1) is 0 Å². The maximum Gasteiger partial charge on any atom is 0.0342 e. The Morgan fingerprint density at radius 1 is 1.50 bits per heavy atom. The Balaban J connectivity index is 2.62. The second-order valence-electron chi connectivity index (χ2n) is 4.04. The van der Waals surface area contributed by atoms with Crippen LogP contribution in [0.4, 0.5) is 0 Å². The number of hydrogen-bond donors (Lipinski definition) is 1. The van der Waals surface area contributed by atoms with E-state index >= 15 is 0 Å².